The minimum absolute atomic E-state index is 0.0729. The summed E-state index contributed by atoms with van der Waals surface area (Å²) in [4.78, 5) is 19.6. The van der Waals surface area contributed by atoms with Gasteiger partial charge in [-0.1, -0.05) is 30.3 Å². The number of likely N-dealkylation sites (tertiary alicyclic amines) is 1. The van der Waals surface area contributed by atoms with Crippen LogP contribution in [0.25, 0.3) is 0 Å². The third-order valence-corrected chi connectivity index (χ3v) is 6.47. The molecule has 2 heterocycles. The fourth-order valence-corrected chi connectivity index (χ4v) is 4.71. The first-order valence-corrected chi connectivity index (χ1v) is 11.8. The highest BCUT2D eigenvalue weighted by molar-refractivity contribution is 5.92. The number of hydrogen-bond acceptors (Lipinski definition) is 5. The Morgan fingerprint density at radius 2 is 1.69 bits per heavy atom. The summed E-state index contributed by atoms with van der Waals surface area (Å²) < 4.78 is 5.41. The predicted octanol–water partition coefficient (Wildman–Crippen LogP) is 3.31. The van der Waals surface area contributed by atoms with E-state index in [1.165, 1.54) is 11.3 Å². The monoisotopic (exact) mass is 436 g/mol. The van der Waals surface area contributed by atoms with Crippen molar-refractivity contribution in [3.05, 3.63) is 60.2 Å². The van der Waals surface area contributed by atoms with E-state index in [1.807, 2.05) is 12.1 Å². The quantitative estimate of drug-likeness (QED) is 0.688. The molecule has 0 saturated carbocycles. The van der Waals surface area contributed by atoms with Gasteiger partial charge in [-0.2, -0.15) is 0 Å². The Labute approximate surface area is 192 Å². The van der Waals surface area contributed by atoms with Gasteiger partial charge in [0, 0.05) is 37.6 Å². The first kappa shape index (κ1) is 22.8. The molecular weight excluding hydrogens is 400 g/mol. The Hall–Kier alpha value is -2.41. The zero-order valence-corrected chi connectivity index (χ0v) is 19.2. The van der Waals surface area contributed by atoms with Crippen LogP contribution in [0.4, 0.5) is 11.4 Å². The first-order chi connectivity index (χ1) is 15.7. The van der Waals surface area contributed by atoms with Crippen molar-refractivity contribution in [1.82, 2.24) is 9.80 Å². The van der Waals surface area contributed by atoms with E-state index < -0.39 is 0 Å². The van der Waals surface area contributed by atoms with Crippen LogP contribution >= 0.6 is 0 Å². The van der Waals surface area contributed by atoms with Crippen LogP contribution in [0, 0.1) is 5.92 Å². The fraction of sp³-hybridized carbons (Fsp3) is 0.500. The lowest BCUT2D eigenvalue weighted by molar-refractivity contribution is -0.117. The molecule has 2 aromatic rings. The fourth-order valence-electron chi connectivity index (χ4n) is 4.71. The normalized spacial score (nSPS) is 18.1. The van der Waals surface area contributed by atoms with Gasteiger partial charge in [0.1, 0.15) is 0 Å². The smallest absolute Gasteiger partial charge is 0.238 e. The van der Waals surface area contributed by atoms with Crippen LogP contribution in [0.5, 0.6) is 0 Å². The molecule has 2 saturated heterocycles. The van der Waals surface area contributed by atoms with Crippen LogP contribution in [0.3, 0.4) is 0 Å². The predicted molar refractivity (Wildman–Crippen MR) is 130 cm³/mol. The minimum atomic E-state index is 0.0729. The van der Waals surface area contributed by atoms with Gasteiger partial charge in [-0.05, 0) is 68.7 Å². The van der Waals surface area contributed by atoms with Gasteiger partial charge >= 0.3 is 0 Å². The van der Waals surface area contributed by atoms with Crippen LogP contribution in [-0.2, 0) is 16.1 Å². The summed E-state index contributed by atoms with van der Waals surface area (Å²) in [7, 11) is 2.21. The number of anilines is 2. The van der Waals surface area contributed by atoms with Gasteiger partial charge in [0.25, 0.3) is 0 Å². The second kappa shape index (κ2) is 11.5. The zero-order valence-electron chi connectivity index (χ0n) is 19.2. The maximum absolute atomic E-state index is 12.5. The molecule has 1 amide bonds. The summed E-state index contributed by atoms with van der Waals surface area (Å²) in [5.41, 5.74) is 3.41. The van der Waals surface area contributed by atoms with Crippen molar-refractivity contribution in [3.63, 3.8) is 0 Å². The Morgan fingerprint density at radius 1 is 1.00 bits per heavy atom. The number of carbonyl (C=O) groups is 1. The van der Waals surface area contributed by atoms with Gasteiger partial charge in [0.15, 0.2) is 0 Å². The number of benzene rings is 2. The highest BCUT2D eigenvalue weighted by atomic mass is 16.5. The Bertz CT molecular complexity index is 829. The summed E-state index contributed by atoms with van der Waals surface area (Å²) in [6.07, 6.45) is 2.31. The molecule has 32 heavy (non-hydrogen) atoms. The van der Waals surface area contributed by atoms with Crippen LogP contribution in [0.15, 0.2) is 54.6 Å². The van der Waals surface area contributed by atoms with Crippen molar-refractivity contribution < 1.29 is 9.53 Å². The molecule has 0 aromatic heterocycles. The molecule has 1 N–H and O–H groups in total. The lowest BCUT2D eigenvalue weighted by Crippen LogP contribution is -2.41. The Balaban J connectivity index is 1.16. The average molecular weight is 437 g/mol. The minimum Gasteiger partial charge on any atom is -0.378 e. The van der Waals surface area contributed by atoms with Crippen LogP contribution in [0.1, 0.15) is 18.4 Å². The molecule has 0 unspecified atom stereocenters. The number of ether oxygens (including phenoxy) is 1. The molecule has 2 aliphatic rings. The summed E-state index contributed by atoms with van der Waals surface area (Å²) in [6, 6.07) is 18.8. The van der Waals surface area contributed by atoms with Gasteiger partial charge in [0.05, 0.1) is 19.8 Å². The maximum atomic E-state index is 12.5. The highest BCUT2D eigenvalue weighted by Crippen LogP contribution is 2.21. The second-order valence-electron chi connectivity index (χ2n) is 9.10. The van der Waals surface area contributed by atoms with Crippen molar-refractivity contribution in [1.29, 1.82) is 0 Å². The van der Waals surface area contributed by atoms with Crippen molar-refractivity contribution in [3.8, 4) is 0 Å². The number of piperidine rings is 1. The van der Waals surface area contributed by atoms with E-state index in [2.05, 4.69) is 69.5 Å². The largest absolute Gasteiger partial charge is 0.378 e. The second-order valence-corrected chi connectivity index (χ2v) is 9.10. The molecule has 0 radical (unpaired) electrons. The van der Waals surface area contributed by atoms with Crippen LogP contribution in [-0.4, -0.2) is 75.2 Å². The zero-order chi connectivity index (χ0) is 22.2. The molecule has 0 spiro atoms. The molecule has 172 valence electrons. The molecule has 6 nitrogen and oxygen atoms in total. The molecule has 0 atom stereocenters. The van der Waals surface area contributed by atoms with E-state index in [-0.39, 0.29) is 5.91 Å². The highest BCUT2D eigenvalue weighted by Gasteiger charge is 2.22. The third kappa shape index (κ3) is 6.79. The first-order valence-electron chi connectivity index (χ1n) is 11.8. The molecular formula is C26H36N4O2. The van der Waals surface area contributed by atoms with E-state index in [9.17, 15) is 4.79 Å². The van der Waals surface area contributed by atoms with Gasteiger partial charge in [0.2, 0.25) is 5.91 Å². The number of nitrogens with zero attached hydrogens (tertiary/aromatic N) is 3. The number of amides is 1. The summed E-state index contributed by atoms with van der Waals surface area (Å²) in [5.74, 6) is 0.777. The Kier molecular flexibility index (Phi) is 8.15. The van der Waals surface area contributed by atoms with E-state index in [0.29, 0.717) is 12.5 Å². The number of morpholine rings is 1. The van der Waals surface area contributed by atoms with Crippen molar-refractivity contribution in [2.45, 2.75) is 19.4 Å². The molecule has 0 bridgehead atoms. The number of rotatable bonds is 8. The van der Waals surface area contributed by atoms with Gasteiger partial charge in [-0.3, -0.25) is 9.69 Å². The van der Waals surface area contributed by atoms with E-state index in [4.69, 9.17) is 4.74 Å². The standard InChI is InChI=1S/C26H36N4O2/c1-28(19-22-5-3-2-4-6-22)20-23-11-13-29(14-12-23)21-26(31)27-24-7-9-25(10-8-24)30-15-17-32-18-16-30/h2-10,23H,11-21H2,1H3,(H,27,31). The molecule has 6 heteroatoms. The van der Waals surface area contributed by atoms with E-state index in [1.54, 1.807) is 0 Å². The lowest BCUT2D eigenvalue weighted by Gasteiger charge is -2.33. The summed E-state index contributed by atoms with van der Waals surface area (Å²) in [5, 5.41) is 3.06. The SMILES string of the molecule is CN(Cc1ccccc1)CC1CCN(CC(=O)Nc2ccc(N3CCOCC3)cc2)CC1. The maximum Gasteiger partial charge on any atom is 0.238 e. The number of hydrogen-bond donors (Lipinski definition) is 1. The van der Waals surface area contributed by atoms with Crippen molar-refractivity contribution in [2.24, 2.45) is 5.92 Å². The van der Waals surface area contributed by atoms with E-state index >= 15 is 0 Å². The topological polar surface area (TPSA) is 48.0 Å². The summed E-state index contributed by atoms with van der Waals surface area (Å²) in [6.45, 7) is 7.96. The number of carbonyl (C=O) groups excluding carboxylic acids is 1. The van der Waals surface area contributed by atoms with Crippen molar-refractivity contribution in [2.75, 3.05) is 69.7 Å². The third-order valence-electron chi connectivity index (χ3n) is 6.47. The average Bonchev–Trinajstić information content (AvgIpc) is 2.82. The van der Waals surface area contributed by atoms with Crippen molar-refractivity contribution >= 4 is 17.3 Å². The van der Waals surface area contributed by atoms with Crippen LogP contribution < -0.4 is 10.2 Å². The number of nitrogens with one attached hydrogen (secondary N) is 1. The van der Waals surface area contributed by atoms with Gasteiger partial charge < -0.3 is 19.9 Å². The Morgan fingerprint density at radius 3 is 2.38 bits per heavy atom. The molecule has 4 rings (SSSR count). The van der Waals surface area contributed by atoms with Gasteiger partial charge in [-0.15, -0.1) is 0 Å². The summed E-state index contributed by atoms with van der Waals surface area (Å²) >= 11 is 0. The molecule has 2 aromatic carbocycles. The van der Waals surface area contributed by atoms with Gasteiger partial charge in [-0.25, -0.2) is 0 Å². The molecule has 2 fully saturated rings. The molecule has 2 aliphatic heterocycles. The van der Waals surface area contributed by atoms with E-state index in [0.717, 1.165) is 71.0 Å². The van der Waals surface area contributed by atoms with Crippen LogP contribution in [0.2, 0.25) is 0 Å². The molecule has 0 aliphatic carbocycles. The lowest BCUT2D eigenvalue weighted by atomic mass is 9.96.